The maximum atomic E-state index is 12.7. The monoisotopic (exact) mass is 329 g/mol. The van der Waals surface area contributed by atoms with Gasteiger partial charge in [0.15, 0.2) is 0 Å². The van der Waals surface area contributed by atoms with Crippen LogP contribution in [0.15, 0.2) is 30.3 Å². The summed E-state index contributed by atoms with van der Waals surface area (Å²) in [5.74, 6) is 1.80. The summed E-state index contributed by atoms with van der Waals surface area (Å²) in [6, 6.07) is 11.1. The molecule has 0 radical (unpaired) electrons. The maximum Gasteiger partial charge on any atom is 0.223 e. The molecule has 1 N–H and O–H groups in total. The van der Waals surface area contributed by atoms with Gasteiger partial charge in [0.2, 0.25) is 5.91 Å². The van der Waals surface area contributed by atoms with Crippen molar-refractivity contribution in [2.75, 3.05) is 13.2 Å². The molecule has 1 amide bonds. The highest BCUT2D eigenvalue weighted by atomic mass is 16.3. The number of amides is 1. The van der Waals surface area contributed by atoms with Crippen molar-refractivity contribution in [3.05, 3.63) is 35.9 Å². The SMILES string of the molecule is CC1CCC(CO)CN1C(=O)CC1CCC(c2ccccc2)CC1. The van der Waals surface area contributed by atoms with E-state index in [9.17, 15) is 9.90 Å². The number of benzene rings is 1. The first kappa shape index (κ1) is 17.5. The zero-order valence-corrected chi connectivity index (χ0v) is 14.9. The number of carbonyl (C=O) groups is 1. The van der Waals surface area contributed by atoms with Crippen LogP contribution in [0.5, 0.6) is 0 Å². The molecule has 2 aliphatic rings. The molecule has 1 heterocycles. The average Bonchev–Trinajstić information content (AvgIpc) is 2.63. The Morgan fingerprint density at radius 2 is 1.71 bits per heavy atom. The van der Waals surface area contributed by atoms with Gasteiger partial charge in [-0.15, -0.1) is 0 Å². The van der Waals surface area contributed by atoms with Gasteiger partial charge in [-0.1, -0.05) is 30.3 Å². The Hall–Kier alpha value is -1.35. The number of aliphatic hydroxyl groups excluding tert-OH is 1. The fourth-order valence-electron chi connectivity index (χ4n) is 4.47. The zero-order chi connectivity index (χ0) is 16.9. The van der Waals surface area contributed by atoms with E-state index in [4.69, 9.17) is 0 Å². The molecule has 0 spiro atoms. The highest BCUT2D eigenvalue weighted by molar-refractivity contribution is 5.77. The fourth-order valence-corrected chi connectivity index (χ4v) is 4.47. The Morgan fingerprint density at radius 1 is 1.04 bits per heavy atom. The first-order valence-corrected chi connectivity index (χ1v) is 9.62. The summed E-state index contributed by atoms with van der Waals surface area (Å²) < 4.78 is 0. The molecule has 3 nitrogen and oxygen atoms in total. The van der Waals surface area contributed by atoms with Crippen LogP contribution in [0, 0.1) is 11.8 Å². The van der Waals surface area contributed by atoms with Crippen LogP contribution in [-0.4, -0.2) is 35.1 Å². The van der Waals surface area contributed by atoms with E-state index in [0.29, 0.717) is 30.2 Å². The molecule has 132 valence electrons. The number of rotatable bonds is 4. The summed E-state index contributed by atoms with van der Waals surface area (Å²) in [6.45, 7) is 3.10. The summed E-state index contributed by atoms with van der Waals surface area (Å²) in [4.78, 5) is 14.8. The van der Waals surface area contributed by atoms with Crippen LogP contribution in [0.4, 0.5) is 0 Å². The third-order valence-corrected chi connectivity index (χ3v) is 6.14. The molecule has 1 aromatic rings. The molecule has 2 atom stereocenters. The van der Waals surface area contributed by atoms with Gasteiger partial charge in [0.1, 0.15) is 0 Å². The molecule has 24 heavy (non-hydrogen) atoms. The van der Waals surface area contributed by atoms with E-state index in [0.717, 1.165) is 32.2 Å². The number of aliphatic hydroxyl groups is 1. The minimum absolute atomic E-state index is 0.207. The fraction of sp³-hybridized carbons (Fsp3) is 0.667. The van der Waals surface area contributed by atoms with Crippen molar-refractivity contribution < 1.29 is 9.90 Å². The van der Waals surface area contributed by atoms with Crippen molar-refractivity contribution in [2.24, 2.45) is 11.8 Å². The third-order valence-electron chi connectivity index (χ3n) is 6.14. The van der Waals surface area contributed by atoms with E-state index < -0.39 is 0 Å². The van der Waals surface area contributed by atoms with Gasteiger partial charge >= 0.3 is 0 Å². The maximum absolute atomic E-state index is 12.7. The summed E-state index contributed by atoms with van der Waals surface area (Å²) >= 11 is 0. The first-order chi connectivity index (χ1) is 11.7. The van der Waals surface area contributed by atoms with Gasteiger partial charge in [0, 0.05) is 25.6 Å². The highest BCUT2D eigenvalue weighted by Gasteiger charge is 2.31. The Morgan fingerprint density at radius 3 is 2.38 bits per heavy atom. The topological polar surface area (TPSA) is 40.5 Å². The van der Waals surface area contributed by atoms with E-state index >= 15 is 0 Å². The summed E-state index contributed by atoms with van der Waals surface area (Å²) in [5.41, 5.74) is 1.46. The van der Waals surface area contributed by atoms with Crippen molar-refractivity contribution in [1.82, 2.24) is 4.90 Å². The molecule has 3 heteroatoms. The average molecular weight is 329 g/mol. The lowest BCUT2D eigenvalue weighted by molar-refractivity contribution is -0.137. The van der Waals surface area contributed by atoms with Crippen LogP contribution >= 0.6 is 0 Å². The Bertz CT molecular complexity index is 522. The van der Waals surface area contributed by atoms with Crippen LogP contribution in [-0.2, 0) is 4.79 Å². The van der Waals surface area contributed by atoms with Crippen molar-refractivity contribution in [3.63, 3.8) is 0 Å². The Balaban J connectivity index is 1.49. The standard InChI is InChI=1S/C21H31NO2/c1-16-7-8-18(15-23)14-22(16)21(24)13-17-9-11-20(12-10-17)19-5-3-2-4-6-19/h2-6,16-18,20,23H,7-15H2,1H3. The number of likely N-dealkylation sites (tertiary alicyclic amines) is 1. The predicted molar refractivity (Wildman–Crippen MR) is 96.7 cm³/mol. The number of hydrogen-bond acceptors (Lipinski definition) is 2. The van der Waals surface area contributed by atoms with Crippen molar-refractivity contribution in [3.8, 4) is 0 Å². The number of piperidine rings is 1. The molecular weight excluding hydrogens is 298 g/mol. The van der Waals surface area contributed by atoms with Crippen LogP contribution in [0.3, 0.4) is 0 Å². The lowest BCUT2D eigenvalue weighted by Gasteiger charge is -2.38. The van der Waals surface area contributed by atoms with Crippen LogP contribution < -0.4 is 0 Å². The van der Waals surface area contributed by atoms with Gasteiger partial charge in [-0.2, -0.15) is 0 Å². The number of hydrogen-bond donors (Lipinski definition) is 1. The van der Waals surface area contributed by atoms with Gasteiger partial charge in [0.05, 0.1) is 0 Å². The molecule has 1 saturated heterocycles. The van der Waals surface area contributed by atoms with Crippen molar-refractivity contribution in [1.29, 1.82) is 0 Å². The smallest absolute Gasteiger partial charge is 0.223 e. The normalized spacial score (nSPS) is 31.0. The molecule has 1 aromatic carbocycles. The molecular formula is C21H31NO2. The molecule has 2 fully saturated rings. The van der Waals surface area contributed by atoms with Crippen molar-refractivity contribution in [2.45, 2.75) is 63.8 Å². The largest absolute Gasteiger partial charge is 0.396 e. The first-order valence-electron chi connectivity index (χ1n) is 9.62. The second-order valence-electron chi connectivity index (χ2n) is 7.85. The van der Waals surface area contributed by atoms with Gasteiger partial charge in [-0.05, 0) is 68.8 Å². The lowest BCUT2D eigenvalue weighted by atomic mass is 9.77. The molecule has 0 aromatic heterocycles. The van der Waals surface area contributed by atoms with E-state index in [-0.39, 0.29) is 12.5 Å². The summed E-state index contributed by atoms with van der Waals surface area (Å²) in [6.07, 6.45) is 7.51. The molecule has 1 aliphatic heterocycles. The molecule has 3 rings (SSSR count). The zero-order valence-electron chi connectivity index (χ0n) is 14.9. The Kier molecular flexibility index (Phi) is 5.94. The van der Waals surface area contributed by atoms with E-state index in [1.807, 2.05) is 4.90 Å². The van der Waals surface area contributed by atoms with Crippen LogP contribution in [0.1, 0.15) is 63.4 Å². The predicted octanol–water partition coefficient (Wildman–Crippen LogP) is 3.97. The second-order valence-corrected chi connectivity index (χ2v) is 7.85. The van der Waals surface area contributed by atoms with E-state index in [1.165, 1.54) is 18.4 Å². The second kappa shape index (κ2) is 8.15. The van der Waals surface area contributed by atoms with E-state index in [2.05, 4.69) is 37.3 Å². The molecule has 2 unspecified atom stereocenters. The highest BCUT2D eigenvalue weighted by Crippen LogP contribution is 2.37. The molecule has 0 bridgehead atoms. The van der Waals surface area contributed by atoms with Gasteiger partial charge < -0.3 is 10.0 Å². The van der Waals surface area contributed by atoms with Crippen molar-refractivity contribution >= 4 is 5.91 Å². The van der Waals surface area contributed by atoms with Gasteiger partial charge in [0.25, 0.3) is 0 Å². The third kappa shape index (κ3) is 4.18. The van der Waals surface area contributed by atoms with Crippen LogP contribution in [0.25, 0.3) is 0 Å². The number of carbonyl (C=O) groups excluding carboxylic acids is 1. The van der Waals surface area contributed by atoms with Gasteiger partial charge in [-0.3, -0.25) is 4.79 Å². The molecule has 1 aliphatic carbocycles. The van der Waals surface area contributed by atoms with Gasteiger partial charge in [-0.25, -0.2) is 0 Å². The lowest BCUT2D eigenvalue weighted by Crippen LogP contribution is -2.46. The minimum atomic E-state index is 0.207. The summed E-state index contributed by atoms with van der Waals surface area (Å²) in [7, 11) is 0. The quantitative estimate of drug-likeness (QED) is 0.908. The van der Waals surface area contributed by atoms with E-state index in [1.54, 1.807) is 0 Å². The number of nitrogens with zero attached hydrogens (tertiary/aromatic N) is 1. The molecule has 1 saturated carbocycles. The minimum Gasteiger partial charge on any atom is -0.396 e. The van der Waals surface area contributed by atoms with Crippen LogP contribution in [0.2, 0.25) is 0 Å². The summed E-state index contributed by atoms with van der Waals surface area (Å²) in [5, 5.41) is 9.40. The Labute approximate surface area is 146 Å².